The van der Waals surface area contributed by atoms with Gasteiger partial charge in [-0.1, -0.05) is 48.5 Å². The Bertz CT molecular complexity index is 969. The third kappa shape index (κ3) is 2.66. The molecule has 4 aromatic rings. The number of aliphatic hydroxyl groups excluding tert-OH is 1. The minimum atomic E-state index is -0.695. The molecule has 0 aliphatic carbocycles. The van der Waals surface area contributed by atoms with Gasteiger partial charge in [-0.2, -0.15) is 0 Å². The van der Waals surface area contributed by atoms with E-state index in [2.05, 4.69) is 4.98 Å². The van der Waals surface area contributed by atoms with Gasteiger partial charge in [0, 0.05) is 23.3 Å². The average molecular weight is 312 g/mol. The van der Waals surface area contributed by atoms with E-state index in [0.717, 1.165) is 33.3 Å². The lowest BCUT2D eigenvalue weighted by Crippen LogP contribution is -2.02. The lowest BCUT2D eigenvalue weighted by atomic mass is 9.96. The molecule has 2 aromatic heterocycles. The van der Waals surface area contributed by atoms with Gasteiger partial charge in [-0.05, 0) is 35.4 Å². The molecule has 4 rings (SSSR count). The van der Waals surface area contributed by atoms with Crippen molar-refractivity contribution >= 4 is 10.9 Å². The van der Waals surface area contributed by atoms with Crippen LogP contribution in [0.1, 0.15) is 17.2 Å². The summed E-state index contributed by atoms with van der Waals surface area (Å²) in [5.74, 6) is 0. The van der Waals surface area contributed by atoms with Gasteiger partial charge in [0.1, 0.15) is 6.10 Å². The van der Waals surface area contributed by atoms with Crippen molar-refractivity contribution in [3.05, 3.63) is 96.3 Å². The largest absolute Gasteiger partial charge is 0.384 e. The number of aromatic nitrogens is 2. The molecular weight excluding hydrogens is 296 g/mol. The topological polar surface area (TPSA) is 46.0 Å². The Morgan fingerprint density at radius 3 is 2.29 bits per heavy atom. The molecule has 1 atom stereocenters. The van der Waals surface area contributed by atoms with E-state index in [1.54, 1.807) is 12.4 Å². The van der Waals surface area contributed by atoms with Crippen LogP contribution in [0, 0.1) is 0 Å². The molecule has 0 saturated carbocycles. The molecule has 0 amide bonds. The van der Waals surface area contributed by atoms with Crippen LogP contribution in [0.25, 0.3) is 22.2 Å². The fourth-order valence-corrected chi connectivity index (χ4v) is 2.91. The fourth-order valence-electron chi connectivity index (χ4n) is 2.91. The van der Waals surface area contributed by atoms with E-state index in [4.69, 9.17) is 4.98 Å². The van der Waals surface area contributed by atoms with Gasteiger partial charge in [-0.25, -0.2) is 4.98 Å². The first-order valence-electron chi connectivity index (χ1n) is 7.86. The molecule has 116 valence electrons. The molecule has 3 nitrogen and oxygen atoms in total. The highest BCUT2D eigenvalue weighted by Gasteiger charge is 2.16. The number of hydrogen-bond donors (Lipinski definition) is 1. The highest BCUT2D eigenvalue weighted by Crippen LogP contribution is 2.31. The highest BCUT2D eigenvalue weighted by molar-refractivity contribution is 5.85. The van der Waals surface area contributed by atoms with Gasteiger partial charge in [0.15, 0.2) is 0 Å². The van der Waals surface area contributed by atoms with Crippen molar-refractivity contribution in [1.29, 1.82) is 0 Å². The van der Waals surface area contributed by atoms with Crippen molar-refractivity contribution in [2.45, 2.75) is 6.10 Å². The molecule has 0 bridgehead atoms. The van der Waals surface area contributed by atoms with E-state index in [-0.39, 0.29) is 0 Å². The second-order valence-electron chi connectivity index (χ2n) is 5.66. The number of para-hydroxylation sites is 1. The standard InChI is InChI=1S/C21H16N2O/c24-21(16-6-2-1-3-7-16)18-14-20(15-10-12-22-13-11-15)23-19-9-5-4-8-17(18)19/h1-14,21,24H. The summed E-state index contributed by atoms with van der Waals surface area (Å²) in [6.45, 7) is 0. The highest BCUT2D eigenvalue weighted by atomic mass is 16.3. The summed E-state index contributed by atoms with van der Waals surface area (Å²) in [7, 11) is 0. The van der Waals surface area contributed by atoms with Crippen LogP contribution in [-0.2, 0) is 0 Å². The molecule has 0 fully saturated rings. The van der Waals surface area contributed by atoms with Gasteiger partial charge in [-0.3, -0.25) is 4.98 Å². The first kappa shape index (κ1) is 14.5. The van der Waals surface area contributed by atoms with E-state index in [0.29, 0.717) is 0 Å². The fraction of sp³-hybridized carbons (Fsp3) is 0.0476. The Balaban J connectivity index is 1.93. The van der Waals surface area contributed by atoms with Crippen molar-refractivity contribution < 1.29 is 5.11 Å². The van der Waals surface area contributed by atoms with E-state index in [1.807, 2.05) is 72.8 Å². The molecule has 1 unspecified atom stereocenters. The SMILES string of the molecule is OC(c1ccccc1)c1cc(-c2ccncc2)nc2ccccc12. The van der Waals surface area contributed by atoms with Crippen molar-refractivity contribution in [2.75, 3.05) is 0 Å². The first-order valence-corrected chi connectivity index (χ1v) is 7.86. The van der Waals surface area contributed by atoms with Crippen LogP contribution in [0.2, 0.25) is 0 Å². The predicted octanol–water partition coefficient (Wildman–Crippen LogP) is 4.38. The molecule has 0 aliphatic rings. The minimum absolute atomic E-state index is 0.695. The number of pyridine rings is 2. The number of benzene rings is 2. The lowest BCUT2D eigenvalue weighted by molar-refractivity contribution is 0.222. The lowest BCUT2D eigenvalue weighted by Gasteiger charge is -2.16. The zero-order valence-electron chi connectivity index (χ0n) is 13.0. The Kier molecular flexibility index (Phi) is 3.77. The summed E-state index contributed by atoms with van der Waals surface area (Å²) in [5.41, 5.74) is 4.42. The Morgan fingerprint density at radius 1 is 0.792 bits per heavy atom. The molecule has 2 heterocycles. The number of rotatable bonds is 3. The normalized spacial score (nSPS) is 12.2. The van der Waals surface area contributed by atoms with E-state index in [9.17, 15) is 5.11 Å². The summed E-state index contributed by atoms with van der Waals surface area (Å²) in [5, 5.41) is 11.9. The van der Waals surface area contributed by atoms with Gasteiger partial charge in [0.2, 0.25) is 0 Å². The maximum atomic E-state index is 10.9. The van der Waals surface area contributed by atoms with E-state index < -0.39 is 6.10 Å². The molecule has 3 heteroatoms. The van der Waals surface area contributed by atoms with Crippen molar-refractivity contribution in [3.8, 4) is 11.3 Å². The van der Waals surface area contributed by atoms with Crippen molar-refractivity contribution in [2.24, 2.45) is 0 Å². The van der Waals surface area contributed by atoms with Gasteiger partial charge in [-0.15, -0.1) is 0 Å². The minimum Gasteiger partial charge on any atom is -0.384 e. The number of hydrogen-bond acceptors (Lipinski definition) is 3. The third-order valence-electron chi connectivity index (χ3n) is 4.13. The Labute approximate surface area is 140 Å². The smallest absolute Gasteiger partial charge is 0.105 e. The molecule has 2 aromatic carbocycles. The van der Waals surface area contributed by atoms with Crippen LogP contribution in [-0.4, -0.2) is 15.1 Å². The van der Waals surface area contributed by atoms with Gasteiger partial charge in [0.25, 0.3) is 0 Å². The van der Waals surface area contributed by atoms with Gasteiger partial charge in [0.05, 0.1) is 11.2 Å². The van der Waals surface area contributed by atoms with Crippen LogP contribution in [0.4, 0.5) is 0 Å². The quantitative estimate of drug-likeness (QED) is 0.610. The predicted molar refractivity (Wildman–Crippen MR) is 95.5 cm³/mol. The average Bonchev–Trinajstić information content (AvgIpc) is 2.68. The molecule has 24 heavy (non-hydrogen) atoms. The van der Waals surface area contributed by atoms with Crippen LogP contribution < -0.4 is 0 Å². The zero-order valence-corrected chi connectivity index (χ0v) is 13.0. The summed E-state index contributed by atoms with van der Waals surface area (Å²) < 4.78 is 0. The summed E-state index contributed by atoms with van der Waals surface area (Å²) in [6.07, 6.45) is 2.80. The molecule has 0 aliphatic heterocycles. The molecule has 0 spiro atoms. The third-order valence-corrected chi connectivity index (χ3v) is 4.13. The number of fused-ring (bicyclic) bond motifs is 1. The maximum absolute atomic E-state index is 10.9. The van der Waals surface area contributed by atoms with Crippen molar-refractivity contribution in [3.63, 3.8) is 0 Å². The monoisotopic (exact) mass is 312 g/mol. The second kappa shape index (κ2) is 6.22. The summed E-state index contributed by atoms with van der Waals surface area (Å²) in [4.78, 5) is 8.80. The maximum Gasteiger partial charge on any atom is 0.105 e. The second-order valence-corrected chi connectivity index (χ2v) is 5.66. The number of nitrogens with zero attached hydrogens (tertiary/aromatic N) is 2. The van der Waals surface area contributed by atoms with Crippen LogP contribution in [0.5, 0.6) is 0 Å². The summed E-state index contributed by atoms with van der Waals surface area (Å²) >= 11 is 0. The number of aliphatic hydroxyl groups is 1. The van der Waals surface area contributed by atoms with Crippen LogP contribution >= 0.6 is 0 Å². The first-order chi connectivity index (χ1) is 11.8. The summed E-state index contributed by atoms with van der Waals surface area (Å²) in [6, 6.07) is 23.4. The zero-order chi connectivity index (χ0) is 16.4. The van der Waals surface area contributed by atoms with E-state index in [1.165, 1.54) is 0 Å². The van der Waals surface area contributed by atoms with Crippen molar-refractivity contribution in [1.82, 2.24) is 9.97 Å². The van der Waals surface area contributed by atoms with Gasteiger partial charge >= 0.3 is 0 Å². The molecule has 0 saturated heterocycles. The Morgan fingerprint density at radius 2 is 1.50 bits per heavy atom. The molecule has 0 radical (unpaired) electrons. The van der Waals surface area contributed by atoms with E-state index >= 15 is 0 Å². The van der Waals surface area contributed by atoms with Crippen LogP contribution in [0.3, 0.4) is 0 Å². The molecule has 1 N–H and O–H groups in total. The van der Waals surface area contributed by atoms with Crippen LogP contribution in [0.15, 0.2) is 85.2 Å². The Hall–Kier alpha value is -3.04. The molecular formula is C21H16N2O. The van der Waals surface area contributed by atoms with Gasteiger partial charge < -0.3 is 5.11 Å².